The first-order valence-electron chi connectivity index (χ1n) is 5.41. The topological polar surface area (TPSA) is 75.6 Å². The van der Waals surface area contributed by atoms with Gasteiger partial charge >= 0.3 is 0 Å². The van der Waals surface area contributed by atoms with Gasteiger partial charge in [-0.25, -0.2) is 13.1 Å². The molecule has 1 atom stereocenters. The summed E-state index contributed by atoms with van der Waals surface area (Å²) in [6.45, 7) is 0.996. The quantitative estimate of drug-likeness (QED) is 0.849. The molecule has 2 N–H and O–H groups in total. The Kier molecular flexibility index (Phi) is 4.16. The van der Waals surface area contributed by atoms with E-state index in [2.05, 4.69) is 4.72 Å². The van der Waals surface area contributed by atoms with Crippen molar-refractivity contribution in [3.05, 3.63) is 17.0 Å². The van der Waals surface area contributed by atoms with Crippen LogP contribution in [0.2, 0.25) is 0 Å². The molecule has 1 aromatic rings. The summed E-state index contributed by atoms with van der Waals surface area (Å²) in [5.74, 6) is 0. The maximum Gasteiger partial charge on any atom is 0.250 e. The van der Waals surface area contributed by atoms with Crippen molar-refractivity contribution < 1.29 is 18.3 Å². The molecule has 1 saturated heterocycles. The third-order valence-corrected chi connectivity index (χ3v) is 5.62. The maximum atomic E-state index is 12.0. The number of aliphatic hydroxyl groups is 1. The molecule has 1 aliphatic rings. The fourth-order valence-corrected chi connectivity index (χ4v) is 4.19. The summed E-state index contributed by atoms with van der Waals surface area (Å²) in [7, 11) is -3.47. The molecule has 0 amide bonds. The standard InChI is InChI=1S/C10H15NO4S2/c12-6-9-3-4-10(16-9)17(13,14)11-8-2-1-5-15-7-8/h3-4,8,11-12H,1-2,5-7H2. The van der Waals surface area contributed by atoms with Gasteiger partial charge in [0.2, 0.25) is 10.0 Å². The zero-order valence-corrected chi connectivity index (χ0v) is 10.9. The van der Waals surface area contributed by atoms with Crippen LogP contribution in [0.1, 0.15) is 17.7 Å². The first-order chi connectivity index (χ1) is 8.12. The second-order valence-electron chi connectivity index (χ2n) is 3.91. The van der Waals surface area contributed by atoms with Crippen LogP contribution in [0.25, 0.3) is 0 Å². The lowest BCUT2D eigenvalue weighted by Gasteiger charge is -2.22. The zero-order chi connectivity index (χ0) is 12.3. The number of ether oxygens (including phenoxy) is 1. The minimum Gasteiger partial charge on any atom is -0.391 e. The van der Waals surface area contributed by atoms with Crippen molar-refractivity contribution in [2.24, 2.45) is 0 Å². The molecular formula is C10H15NO4S2. The van der Waals surface area contributed by atoms with E-state index in [-0.39, 0.29) is 16.9 Å². The van der Waals surface area contributed by atoms with Gasteiger partial charge in [-0.05, 0) is 25.0 Å². The molecule has 0 bridgehead atoms. The normalized spacial score (nSPS) is 21.6. The third-order valence-electron chi connectivity index (χ3n) is 2.54. The van der Waals surface area contributed by atoms with Gasteiger partial charge in [0.25, 0.3) is 0 Å². The van der Waals surface area contributed by atoms with E-state index in [9.17, 15) is 8.42 Å². The summed E-state index contributed by atoms with van der Waals surface area (Å²) in [4.78, 5) is 0.644. The van der Waals surface area contributed by atoms with Crippen LogP contribution in [0, 0.1) is 0 Å². The van der Waals surface area contributed by atoms with E-state index in [1.54, 1.807) is 6.07 Å². The minimum atomic E-state index is -3.47. The van der Waals surface area contributed by atoms with Crippen LogP contribution in [-0.4, -0.2) is 32.8 Å². The maximum absolute atomic E-state index is 12.0. The van der Waals surface area contributed by atoms with Crippen molar-refractivity contribution in [2.45, 2.75) is 29.7 Å². The first kappa shape index (κ1) is 13.0. The van der Waals surface area contributed by atoms with Crippen LogP contribution in [-0.2, 0) is 21.4 Å². The van der Waals surface area contributed by atoms with E-state index in [0.29, 0.717) is 18.1 Å². The van der Waals surface area contributed by atoms with Crippen LogP contribution >= 0.6 is 11.3 Å². The largest absolute Gasteiger partial charge is 0.391 e. The Labute approximate surface area is 104 Å². The molecule has 1 aromatic heterocycles. The van der Waals surface area contributed by atoms with Gasteiger partial charge in [-0.1, -0.05) is 0 Å². The molecule has 0 aromatic carbocycles. The molecule has 7 heteroatoms. The molecule has 96 valence electrons. The number of aliphatic hydroxyl groups excluding tert-OH is 1. The average molecular weight is 277 g/mol. The summed E-state index contributed by atoms with van der Waals surface area (Å²) < 4.78 is 32.1. The lowest BCUT2D eigenvalue weighted by molar-refractivity contribution is 0.0774. The summed E-state index contributed by atoms with van der Waals surface area (Å²) in [6.07, 6.45) is 1.68. The fourth-order valence-electron chi connectivity index (χ4n) is 1.70. The molecule has 0 saturated carbocycles. The number of rotatable bonds is 4. The van der Waals surface area contributed by atoms with Gasteiger partial charge in [0.1, 0.15) is 4.21 Å². The summed E-state index contributed by atoms with van der Waals surface area (Å²) in [5, 5.41) is 8.91. The van der Waals surface area contributed by atoms with Crippen LogP contribution in [0.5, 0.6) is 0 Å². The molecule has 2 rings (SSSR count). The van der Waals surface area contributed by atoms with Gasteiger partial charge < -0.3 is 9.84 Å². The summed E-state index contributed by atoms with van der Waals surface area (Å²) in [6, 6.07) is 2.99. The van der Waals surface area contributed by atoms with E-state index in [1.807, 2.05) is 0 Å². The van der Waals surface area contributed by atoms with Crippen molar-refractivity contribution in [1.82, 2.24) is 4.72 Å². The molecule has 2 heterocycles. The molecule has 17 heavy (non-hydrogen) atoms. The van der Waals surface area contributed by atoms with E-state index >= 15 is 0 Å². The number of thiophene rings is 1. The van der Waals surface area contributed by atoms with Crippen molar-refractivity contribution in [1.29, 1.82) is 0 Å². The SMILES string of the molecule is O=S(=O)(NC1CCCOC1)c1ccc(CO)s1. The first-order valence-corrected chi connectivity index (χ1v) is 7.71. The lowest BCUT2D eigenvalue weighted by Crippen LogP contribution is -2.40. The fraction of sp³-hybridized carbons (Fsp3) is 0.600. The second kappa shape index (κ2) is 5.45. The van der Waals surface area contributed by atoms with Crippen LogP contribution in [0.15, 0.2) is 16.3 Å². The zero-order valence-electron chi connectivity index (χ0n) is 9.26. The second-order valence-corrected chi connectivity index (χ2v) is 7.02. The predicted octanol–water partition coefficient (Wildman–Crippen LogP) is 0.698. The lowest BCUT2D eigenvalue weighted by atomic mass is 10.1. The van der Waals surface area contributed by atoms with Crippen LogP contribution < -0.4 is 4.72 Å². The number of sulfonamides is 1. The molecule has 0 spiro atoms. The Morgan fingerprint density at radius 3 is 2.94 bits per heavy atom. The molecule has 1 unspecified atom stereocenters. The predicted molar refractivity (Wildman–Crippen MR) is 64.4 cm³/mol. The van der Waals surface area contributed by atoms with Gasteiger partial charge in [-0.2, -0.15) is 0 Å². The summed E-state index contributed by atoms with van der Waals surface area (Å²) in [5.41, 5.74) is 0. The van der Waals surface area contributed by atoms with Crippen LogP contribution in [0.3, 0.4) is 0 Å². The smallest absolute Gasteiger partial charge is 0.250 e. The van der Waals surface area contributed by atoms with Gasteiger partial charge in [0.15, 0.2) is 0 Å². The highest BCUT2D eigenvalue weighted by atomic mass is 32.2. The molecular weight excluding hydrogens is 262 g/mol. The average Bonchev–Trinajstić information content (AvgIpc) is 2.79. The molecule has 0 aliphatic carbocycles. The van der Waals surface area contributed by atoms with Crippen LogP contribution in [0.4, 0.5) is 0 Å². The van der Waals surface area contributed by atoms with Crippen molar-refractivity contribution in [3.8, 4) is 0 Å². The monoisotopic (exact) mass is 277 g/mol. The van der Waals surface area contributed by atoms with E-state index in [4.69, 9.17) is 9.84 Å². The van der Waals surface area contributed by atoms with E-state index in [1.165, 1.54) is 6.07 Å². The van der Waals surface area contributed by atoms with Crippen molar-refractivity contribution >= 4 is 21.4 Å². The van der Waals surface area contributed by atoms with Gasteiger partial charge in [-0.15, -0.1) is 11.3 Å². The third kappa shape index (κ3) is 3.26. The Bertz CT molecular complexity index is 462. The molecule has 1 fully saturated rings. The number of nitrogens with one attached hydrogen (secondary N) is 1. The Morgan fingerprint density at radius 1 is 1.53 bits per heavy atom. The van der Waals surface area contributed by atoms with Gasteiger partial charge in [0.05, 0.1) is 13.2 Å². The van der Waals surface area contributed by atoms with E-state index in [0.717, 1.165) is 24.2 Å². The highest BCUT2D eigenvalue weighted by Crippen LogP contribution is 2.22. The minimum absolute atomic E-state index is 0.132. The number of hydrogen-bond acceptors (Lipinski definition) is 5. The van der Waals surface area contributed by atoms with Gasteiger partial charge in [0, 0.05) is 17.5 Å². The van der Waals surface area contributed by atoms with Gasteiger partial charge in [-0.3, -0.25) is 0 Å². The molecule has 0 radical (unpaired) electrons. The summed E-state index contributed by atoms with van der Waals surface area (Å²) >= 11 is 1.09. The Morgan fingerprint density at radius 2 is 2.35 bits per heavy atom. The van der Waals surface area contributed by atoms with Crippen molar-refractivity contribution in [3.63, 3.8) is 0 Å². The highest BCUT2D eigenvalue weighted by molar-refractivity contribution is 7.91. The Balaban J connectivity index is 2.07. The Hall–Kier alpha value is -0.470. The molecule has 5 nitrogen and oxygen atoms in total. The molecule has 1 aliphatic heterocycles. The number of hydrogen-bond donors (Lipinski definition) is 2. The van der Waals surface area contributed by atoms with E-state index < -0.39 is 10.0 Å². The van der Waals surface area contributed by atoms with Crippen molar-refractivity contribution in [2.75, 3.05) is 13.2 Å². The highest BCUT2D eigenvalue weighted by Gasteiger charge is 2.23.